The molecule has 0 aliphatic carbocycles. The highest BCUT2D eigenvalue weighted by Gasteiger charge is 2.26. The van der Waals surface area contributed by atoms with Crippen LogP contribution >= 0.6 is 0 Å². The molecule has 0 spiro atoms. The Kier molecular flexibility index (Phi) is 4.84. The molecule has 2 aromatic carbocycles. The number of ether oxygens (including phenoxy) is 2. The van der Waals surface area contributed by atoms with Crippen LogP contribution in [0.3, 0.4) is 0 Å². The van der Waals surface area contributed by atoms with Gasteiger partial charge in [0.1, 0.15) is 11.5 Å². The lowest BCUT2D eigenvalue weighted by Gasteiger charge is -2.09. The van der Waals surface area contributed by atoms with E-state index in [1.165, 1.54) is 39.5 Å². The van der Waals surface area contributed by atoms with Crippen molar-refractivity contribution >= 4 is 26.9 Å². The van der Waals surface area contributed by atoms with E-state index < -0.39 is 21.9 Å². The fourth-order valence-corrected chi connectivity index (χ4v) is 4.25. The van der Waals surface area contributed by atoms with Gasteiger partial charge in [-0.3, -0.25) is 4.79 Å². The number of nitrogens with zero attached hydrogens (tertiary/aromatic N) is 1. The average Bonchev–Trinajstić information content (AvgIpc) is 3.06. The second-order valence-corrected chi connectivity index (χ2v) is 7.82. The normalized spacial score (nSPS) is 12.7. The van der Waals surface area contributed by atoms with E-state index in [1.807, 2.05) is 0 Å². The van der Waals surface area contributed by atoms with Gasteiger partial charge in [0.05, 0.1) is 30.5 Å². The molecule has 8 heteroatoms. The lowest BCUT2D eigenvalue weighted by molar-refractivity contribution is -0.138. The van der Waals surface area contributed by atoms with Gasteiger partial charge in [0.25, 0.3) is 10.0 Å². The third-order valence-corrected chi connectivity index (χ3v) is 6.15. The zero-order chi connectivity index (χ0) is 19.8. The molecule has 3 rings (SSSR count). The molecule has 0 aliphatic heterocycles. The van der Waals surface area contributed by atoms with E-state index in [2.05, 4.69) is 0 Å². The Balaban J connectivity index is 2.25. The quantitative estimate of drug-likeness (QED) is 0.696. The van der Waals surface area contributed by atoms with Crippen molar-refractivity contribution in [2.24, 2.45) is 0 Å². The number of carbonyl (C=O) groups is 1. The van der Waals surface area contributed by atoms with Gasteiger partial charge in [-0.15, -0.1) is 0 Å². The SMILES string of the molecule is COc1ccc(S(=O)(=O)n2cc(C(C)C(=O)O)c3cc(OC)ccc32)cc1. The first-order valence-corrected chi connectivity index (χ1v) is 9.55. The number of methoxy groups -OCH3 is 2. The molecule has 3 aromatic rings. The summed E-state index contributed by atoms with van der Waals surface area (Å²) in [5.74, 6) is -0.872. The lowest BCUT2D eigenvalue weighted by Crippen LogP contribution is -2.12. The van der Waals surface area contributed by atoms with Crippen LogP contribution in [0.2, 0.25) is 0 Å². The molecule has 27 heavy (non-hydrogen) atoms. The summed E-state index contributed by atoms with van der Waals surface area (Å²) in [5, 5.41) is 9.92. The summed E-state index contributed by atoms with van der Waals surface area (Å²) in [6.45, 7) is 1.51. The van der Waals surface area contributed by atoms with Gasteiger partial charge in [0, 0.05) is 11.6 Å². The van der Waals surface area contributed by atoms with Gasteiger partial charge in [-0.05, 0) is 55.0 Å². The summed E-state index contributed by atoms with van der Waals surface area (Å²) < 4.78 is 37.7. The predicted molar refractivity (Wildman–Crippen MR) is 100 cm³/mol. The predicted octanol–water partition coefficient (Wildman–Crippen LogP) is 3.08. The third-order valence-electron chi connectivity index (χ3n) is 4.46. The summed E-state index contributed by atoms with van der Waals surface area (Å²) in [6, 6.07) is 10.9. The average molecular weight is 389 g/mol. The molecule has 0 saturated heterocycles. The van der Waals surface area contributed by atoms with Crippen LogP contribution in [0.1, 0.15) is 18.4 Å². The Hall–Kier alpha value is -3.00. The van der Waals surface area contributed by atoms with Crippen molar-refractivity contribution in [3.63, 3.8) is 0 Å². The highest BCUT2D eigenvalue weighted by atomic mass is 32.2. The van der Waals surface area contributed by atoms with Crippen molar-refractivity contribution in [1.29, 1.82) is 0 Å². The topological polar surface area (TPSA) is 94.8 Å². The molecule has 1 heterocycles. The Morgan fingerprint density at radius 3 is 2.19 bits per heavy atom. The molecule has 0 amide bonds. The van der Waals surface area contributed by atoms with Gasteiger partial charge >= 0.3 is 5.97 Å². The van der Waals surface area contributed by atoms with Crippen molar-refractivity contribution in [2.45, 2.75) is 17.7 Å². The minimum atomic E-state index is -3.92. The number of carboxylic acids is 1. The molecule has 0 radical (unpaired) electrons. The standard InChI is InChI=1S/C19H19NO6S/c1-12(19(21)22)17-11-20(18-9-6-14(26-3)10-16(17)18)27(23,24)15-7-4-13(25-2)5-8-15/h4-12H,1-3H3,(H,21,22). The molecule has 1 atom stereocenters. The minimum absolute atomic E-state index is 0.0746. The van der Waals surface area contributed by atoms with E-state index >= 15 is 0 Å². The van der Waals surface area contributed by atoms with E-state index in [4.69, 9.17) is 9.47 Å². The van der Waals surface area contributed by atoms with Crippen molar-refractivity contribution in [2.75, 3.05) is 14.2 Å². The summed E-state index contributed by atoms with van der Waals surface area (Å²) >= 11 is 0. The van der Waals surface area contributed by atoms with E-state index in [0.29, 0.717) is 28.0 Å². The summed E-state index contributed by atoms with van der Waals surface area (Å²) in [7, 11) is -0.933. The fraction of sp³-hybridized carbons (Fsp3) is 0.211. The molecule has 0 saturated carbocycles. The number of aromatic nitrogens is 1. The van der Waals surface area contributed by atoms with Crippen molar-refractivity contribution in [3.05, 3.63) is 54.2 Å². The first kappa shape index (κ1) is 18.8. The summed E-state index contributed by atoms with van der Waals surface area (Å²) in [6.07, 6.45) is 1.36. The van der Waals surface area contributed by atoms with Gasteiger partial charge < -0.3 is 14.6 Å². The maximum Gasteiger partial charge on any atom is 0.310 e. The largest absolute Gasteiger partial charge is 0.497 e. The van der Waals surface area contributed by atoms with Crippen LogP contribution in [-0.2, 0) is 14.8 Å². The van der Waals surface area contributed by atoms with Crippen LogP contribution in [0.5, 0.6) is 11.5 Å². The maximum absolute atomic E-state index is 13.2. The van der Waals surface area contributed by atoms with Gasteiger partial charge in [0.15, 0.2) is 0 Å². The zero-order valence-corrected chi connectivity index (χ0v) is 15.9. The van der Waals surface area contributed by atoms with Gasteiger partial charge in [0.2, 0.25) is 0 Å². The summed E-state index contributed by atoms with van der Waals surface area (Å²) in [4.78, 5) is 11.6. The highest BCUT2D eigenvalue weighted by molar-refractivity contribution is 7.90. The van der Waals surface area contributed by atoms with E-state index in [9.17, 15) is 18.3 Å². The van der Waals surface area contributed by atoms with Crippen LogP contribution in [0, 0.1) is 0 Å². The van der Waals surface area contributed by atoms with Gasteiger partial charge in [-0.2, -0.15) is 0 Å². The third kappa shape index (κ3) is 3.23. The number of aliphatic carboxylic acids is 1. The molecule has 0 fully saturated rings. The van der Waals surface area contributed by atoms with E-state index in [0.717, 1.165) is 3.97 Å². The molecule has 142 valence electrons. The first-order chi connectivity index (χ1) is 12.8. The van der Waals surface area contributed by atoms with Crippen LogP contribution in [0.15, 0.2) is 53.6 Å². The van der Waals surface area contributed by atoms with Crippen molar-refractivity contribution < 1.29 is 27.8 Å². The van der Waals surface area contributed by atoms with Crippen molar-refractivity contribution in [1.82, 2.24) is 3.97 Å². The monoisotopic (exact) mass is 389 g/mol. The highest BCUT2D eigenvalue weighted by Crippen LogP contribution is 2.33. The number of carboxylic acid groups (broad SMARTS) is 1. The molecule has 1 unspecified atom stereocenters. The summed E-state index contributed by atoms with van der Waals surface area (Å²) in [5.41, 5.74) is 0.781. The fourth-order valence-electron chi connectivity index (χ4n) is 2.87. The van der Waals surface area contributed by atoms with E-state index in [1.54, 1.807) is 30.3 Å². The van der Waals surface area contributed by atoms with Crippen LogP contribution in [0.4, 0.5) is 0 Å². The smallest absolute Gasteiger partial charge is 0.310 e. The number of hydrogen-bond donors (Lipinski definition) is 1. The lowest BCUT2D eigenvalue weighted by atomic mass is 10.0. The van der Waals surface area contributed by atoms with E-state index in [-0.39, 0.29) is 4.90 Å². The number of hydrogen-bond acceptors (Lipinski definition) is 5. The number of fused-ring (bicyclic) bond motifs is 1. The maximum atomic E-state index is 13.2. The van der Waals surface area contributed by atoms with Crippen molar-refractivity contribution in [3.8, 4) is 11.5 Å². The van der Waals surface area contributed by atoms with Crippen LogP contribution < -0.4 is 9.47 Å². The first-order valence-electron chi connectivity index (χ1n) is 8.11. The second kappa shape index (κ2) is 6.96. The molecule has 1 N–H and O–H groups in total. The number of benzene rings is 2. The Morgan fingerprint density at radius 1 is 1.04 bits per heavy atom. The van der Waals surface area contributed by atoms with Crippen LogP contribution in [-0.4, -0.2) is 37.7 Å². The Labute approximate surface area is 156 Å². The Bertz CT molecular complexity index is 1100. The molecule has 1 aromatic heterocycles. The molecule has 7 nitrogen and oxygen atoms in total. The molecule has 0 aliphatic rings. The van der Waals surface area contributed by atoms with Crippen LogP contribution in [0.25, 0.3) is 10.9 Å². The minimum Gasteiger partial charge on any atom is -0.497 e. The molecule has 0 bridgehead atoms. The number of rotatable bonds is 6. The van der Waals surface area contributed by atoms with Gasteiger partial charge in [-0.1, -0.05) is 0 Å². The second-order valence-electron chi connectivity index (χ2n) is 6.00. The van der Waals surface area contributed by atoms with Gasteiger partial charge in [-0.25, -0.2) is 12.4 Å². The molecular formula is C19H19NO6S. The Morgan fingerprint density at radius 2 is 1.63 bits per heavy atom. The molecular weight excluding hydrogens is 370 g/mol. The zero-order valence-electron chi connectivity index (χ0n) is 15.0.